The van der Waals surface area contributed by atoms with Crippen LogP contribution in [0.1, 0.15) is 38.1 Å². The number of nitrogens with one attached hydrogen (secondary N) is 3. The van der Waals surface area contributed by atoms with E-state index in [0.717, 1.165) is 31.2 Å². The normalized spacial score (nSPS) is 11.4. The monoisotopic (exact) mass is 530 g/mol. The number of nitrogens with zero attached hydrogens (tertiary/aromatic N) is 1. The third-order valence-electron chi connectivity index (χ3n) is 3.62. The van der Waals surface area contributed by atoms with E-state index in [1.165, 1.54) is 10.4 Å². The van der Waals surface area contributed by atoms with E-state index in [2.05, 4.69) is 39.3 Å². The smallest absolute Gasteiger partial charge is 0.412 e. The highest BCUT2D eigenvalue weighted by Gasteiger charge is 2.16. The van der Waals surface area contributed by atoms with Crippen molar-refractivity contribution < 1.29 is 9.53 Å². The lowest BCUT2D eigenvalue weighted by molar-refractivity contribution is 0.0636. The second-order valence-electron chi connectivity index (χ2n) is 7.28. The van der Waals surface area contributed by atoms with Crippen LogP contribution in [0.5, 0.6) is 0 Å². The highest BCUT2D eigenvalue weighted by molar-refractivity contribution is 14.0. The lowest BCUT2D eigenvalue weighted by atomic mass is 10.1. The van der Waals surface area contributed by atoms with E-state index in [9.17, 15) is 4.79 Å². The number of thiophene rings is 1. The Balaban J connectivity index is 0.00000420. The number of rotatable bonds is 7. The van der Waals surface area contributed by atoms with Gasteiger partial charge in [0.2, 0.25) is 0 Å². The summed E-state index contributed by atoms with van der Waals surface area (Å²) in [5.41, 5.74) is 1.39. The molecule has 0 atom stereocenters. The number of ether oxygens (including phenoxy) is 1. The first-order chi connectivity index (χ1) is 13.4. The molecule has 0 aliphatic rings. The van der Waals surface area contributed by atoms with Crippen LogP contribution in [-0.4, -0.2) is 30.7 Å². The van der Waals surface area contributed by atoms with Crippen LogP contribution in [0.4, 0.5) is 10.5 Å². The maximum absolute atomic E-state index is 11.8. The van der Waals surface area contributed by atoms with Crippen LogP contribution in [0.2, 0.25) is 0 Å². The molecule has 0 saturated carbocycles. The fourth-order valence-corrected chi connectivity index (χ4v) is 3.03. The number of benzene rings is 1. The van der Waals surface area contributed by atoms with E-state index in [1.54, 1.807) is 11.3 Å². The predicted molar refractivity (Wildman–Crippen MR) is 133 cm³/mol. The number of anilines is 1. The summed E-state index contributed by atoms with van der Waals surface area (Å²) in [6.45, 7) is 9.85. The molecule has 0 fully saturated rings. The number of amides is 1. The average molecular weight is 530 g/mol. The van der Waals surface area contributed by atoms with Gasteiger partial charge < -0.3 is 15.4 Å². The molecule has 3 N–H and O–H groups in total. The number of halogens is 1. The maximum atomic E-state index is 11.8. The van der Waals surface area contributed by atoms with Crippen LogP contribution < -0.4 is 16.0 Å². The van der Waals surface area contributed by atoms with Gasteiger partial charge >= 0.3 is 6.09 Å². The van der Waals surface area contributed by atoms with Crippen LogP contribution in [0.25, 0.3) is 0 Å². The lowest BCUT2D eigenvalue weighted by Crippen LogP contribution is -2.38. The van der Waals surface area contributed by atoms with Gasteiger partial charge in [-0.3, -0.25) is 5.32 Å². The summed E-state index contributed by atoms with van der Waals surface area (Å²) in [6.07, 6.45) is 0.412. The Morgan fingerprint density at radius 1 is 1.14 bits per heavy atom. The third-order valence-corrected chi connectivity index (χ3v) is 4.48. The number of carbonyl (C=O) groups is 1. The van der Waals surface area contributed by atoms with Gasteiger partial charge in [-0.15, -0.1) is 35.3 Å². The van der Waals surface area contributed by atoms with Gasteiger partial charge in [0.1, 0.15) is 5.60 Å². The molecular weight excluding hydrogens is 499 g/mol. The largest absolute Gasteiger partial charge is 0.444 e. The van der Waals surface area contributed by atoms with Gasteiger partial charge in [0.05, 0.1) is 6.54 Å². The summed E-state index contributed by atoms with van der Waals surface area (Å²) in [7, 11) is 0. The zero-order valence-electron chi connectivity index (χ0n) is 17.5. The second-order valence-corrected chi connectivity index (χ2v) is 8.31. The first-order valence-corrected chi connectivity index (χ1v) is 10.4. The van der Waals surface area contributed by atoms with Crippen LogP contribution in [0.3, 0.4) is 0 Å². The molecule has 2 aromatic rings. The molecule has 1 amide bonds. The number of hydrogen-bond donors (Lipinski definition) is 3. The van der Waals surface area contributed by atoms with Gasteiger partial charge in [0.25, 0.3) is 0 Å². The summed E-state index contributed by atoms with van der Waals surface area (Å²) < 4.78 is 5.26. The number of hydrogen-bond acceptors (Lipinski definition) is 4. The summed E-state index contributed by atoms with van der Waals surface area (Å²) >= 11 is 1.71. The first-order valence-electron chi connectivity index (χ1n) is 9.49. The minimum atomic E-state index is -0.509. The molecular formula is C21H31IN4O2S. The fourth-order valence-electron chi connectivity index (χ4n) is 2.40. The van der Waals surface area contributed by atoms with Crippen LogP contribution in [0, 0.1) is 0 Å². The van der Waals surface area contributed by atoms with Crippen LogP contribution in [0.15, 0.2) is 46.8 Å². The molecule has 160 valence electrons. The Morgan fingerprint density at radius 2 is 1.86 bits per heavy atom. The van der Waals surface area contributed by atoms with Crippen molar-refractivity contribution in [3.63, 3.8) is 0 Å². The Bertz CT molecular complexity index is 756. The van der Waals surface area contributed by atoms with Crippen LogP contribution in [-0.2, 0) is 17.7 Å². The molecule has 0 radical (unpaired) electrons. The molecule has 29 heavy (non-hydrogen) atoms. The van der Waals surface area contributed by atoms with Crippen molar-refractivity contribution in [2.45, 2.75) is 46.3 Å². The van der Waals surface area contributed by atoms with E-state index in [1.807, 2.05) is 51.1 Å². The van der Waals surface area contributed by atoms with E-state index < -0.39 is 11.7 Å². The van der Waals surface area contributed by atoms with Gasteiger partial charge in [-0.1, -0.05) is 18.2 Å². The second kappa shape index (κ2) is 12.7. The molecule has 0 bridgehead atoms. The fraction of sp³-hybridized carbons (Fsp3) is 0.429. The van der Waals surface area contributed by atoms with Gasteiger partial charge in [-0.2, -0.15) is 0 Å². The van der Waals surface area contributed by atoms with Gasteiger partial charge in [0, 0.05) is 23.7 Å². The maximum Gasteiger partial charge on any atom is 0.412 e. The van der Waals surface area contributed by atoms with Gasteiger partial charge in [-0.05, 0) is 63.3 Å². The van der Waals surface area contributed by atoms with Crippen molar-refractivity contribution in [2.75, 3.05) is 18.4 Å². The Hall–Kier alpha value is -1.81. The van der Waals surface area contributed by atoms with Crippen molar-refractivity contribution >= 4 is 53.1 Å². The highest BCUT2D eigenvalue weighted by atomic mass is 127. The lowest BCUT2D eigenvalue weighted by Gasteiger charge is -2.19. The zero-order chi connectivity index (χ0) is 20.4. The molecule has 8 heteroatoms. The number of guanidine groups is 1. The molecule has 0 aliphatic carbocycles. The molecule has 0 saturated heterocycles. The minimum absolute atomic E-state index is 0. The highest BCUT2D eigenvalue weighted by Crippen LogP contribution is 2.13. The van der Waals surface area contributed by atoms with E-state index in [0.29, 0.717) is 6.54 Å². The number of aliphatic imine (C=N–C) groups is 1. The quantitative estimate of drug-likeness (QED) is 0.267. The topological polar surface area (TPSA) is 74.8 Å². The van der Waals surface area contributed by atoms with Crippen molar-refractivity contribution in [3.8, 4) is 0 Å². The summed E-state index contributed by atoms with van der Waals surface area (Å²) in [4.78, 5) is 17.7. The Kier molecular flexibility index (Phi) is 11.0. The van der Waals surface area contributed by atoms with Gasteiger partial charge in [0.15, 0.2) is 5.96 Å². The van der Waals surface area contributed by atoms with Gasteiger partial charge in [-0.25, -0.2) is 9.79 Å². The summed E-state index contributed by atoms with van der Waals surface area (Å²) in [5.74, 6) is 0.819. The Labute approximate surface area is 194 Å². The standard InChI is InChI=1S/C21H30N4O2S.HI/c1-5-22-19(24-15-18-7-6-14-28-18)23-13-12-16-8-10-17(11-9-16)25-20(26)27-21(2,3)4;/h6-11,14H,5,12-13,15H2,1-4H3,(H,25,26)(H2,22,23,24);1H. The SMILES string of the molecule is CCNC(=NCc1cccs1)NCCc1ccc(NC(=O)OC(C)(C)C)cc1.I. The molecule has 1 aromatic carbocycles. The predicted octanol–water partition coefficient (Wildman–Crippen LogP) is 5.01. The van der Waals surface area contributed by atoms with Crippen molar-refractivity contribution in [2.24, 2.45) is 4.99 Å². The van der Waals surface area contributed by atoms with Crippen molar-refractivity contribution in [1.82, 2.24) is 10.6 Å². The van der Waals surface area contributed by atoms with Crippen molar-refractivity contribution in [3.05, 3.63) is 52.2 Å². The summed E-state index contributed by atoms with van der Waals surface area (Å²) in [5, 5.41) is 11.4. The first kappa shape index (κ1) is 25.2. The molecule has 0 aliphatic heterocycles. The average Bonchev–Trinajstić information content (AvgIpc) is 3.13. The van der Waals surface area contributed by atoms with Crippen LogP contribution >= 0.6 is 35.3 Å². The van der Waals surface area contributed by atoms with E-state index in [4.69, 9.17) is 4.74 Å². The molecule has 0 unspecified atom stereocenters. The number of carbonyl (C=O) groups excluding carboxylic acids is 1. The minimum Gasteiger partial charge on any atom is -0.444 e. The molecule has 2 rings (SSSR count). The van der Waals surface area contributed by atoms with E-state index >= 15 is 0 Å². The van der Waals surface area contributed by atoms with E-state index in [-0.39, 0.29) is 24.0 Å². The van der Waals surface area contributed by atoms with Crippen molar-refractivity contribution in [1.29, 1.82) is 0 Å². The molecule has 0 spiro atoms. The Morgan fingerprint density at radius 3 is 2.45 bits per heavy atom. The molecule has 6 nitrogen and oxygen atoms in total. The molecule has 1 aromatic heterocycles. The molecule has 1 heterocycles. The zero-order valence-corrected chi connectivity index (χ0v) is 20.6. The summed E-state index contributed by atoms with van der Waals surface area (Å²) in [6, 6.07) is 11.9. The third kappa shape index (κ3) is 10.5.